The molecule has 0 spiro atoms. The van der Waals surface area contributed by atoms with Gasteiger partial charge in [0.25, 0.3) is 5.91 Å². The van der Waals surface area contributed by atoms with Crippen molar-refractivity contribution in [3.63, 3.8) is 0 Å². The van der Waals surface area contributed by atoms with Crippen LogP contribution in [0.1, 0.15) is 47.2 Å². The van der Waals surface area contributed by atoms with Gasteiger partial charge < -0.3 is 15.0 Å². The summed E-state index contributed by atoms with van der Waals surface area (Å²) < 4.78 is 44.4. The van der Waals surface area contributed by atoms with Crippen LogP contribution in [0.15, 0.2) is 67.1 Å². The average Bonchev–Trinajstić information content (AvgIpc) is 2.95. The van der Waals surface area contributed by atoms with Crippen LogP contribution in [0.5, 0.6) is 5.88 Å². The van der Waals surface area contributed by atoms with E-state index in [2.05, 4.69) is 31.2 Å². The Hall–Kier alpha value is -3.66. The first kappa shape index (κ1) is 26.9. The quantitative estimate of drug-likeness (QED) is 0.459. The summed E-state index contributed by atoms with van der Waals surface area (Å²) in [6, 6.07) is 12.9. The number of aromatic nitrogens is 2. The van der Waals surface area contributed by atoms with Gasteiger partial charge in [-0.15, -0.1) is 0 Å². The number of hydrogen-bond acceptors (Lipinski definition) is 6. The van der Waals surface area contributed by atoms with E-state index in [4.69, 9.17) is 4.74 Å². The van der Waals surface area contributed by atoms with Crippen molar-refractivity contribution < 1.29 is 22.7 Å². The molecule has 2 fully saturated rings. The van der Waals surface area contributed by atoms with Crippen molar-refractivity contribution in [1.29, 1.82) is 0 Å². The van der Waals surface area contributed by atoms with Gasteiger partial charge in [-0.1, -0.05) is 6.07 Å². The van der Waals surface area contributed by atoms with Crippen LogP contribution in [-0.4, -0.2) is 59.1 Å². The van der Waals surface area contributed by atoms with Gasteiger partial charge in [-0.2, -0.15) is 13.2 Å². The lowest BCUT2D eigenvalue weighted by atomic mass is 10.0. The van der Waals surface area contributed by atoms with Crippen molar-refractivity contribution in [2.24, 2.45) is 0 Å². The molecule has 2 saturated heterocycles. The van der Waals surface area contributed by atoms with Crippen molar-refractivity contribution >= 4 is 11.6 Å². The summed E-state index contributed by atoms with van der Waals surface area (Å²) in [7, 11) is 0. The number of pyridine rings is 2. The highest BCUT2D eigenvalue weighted by molar-refractivity contribution is 5.94. The lowest BCUT2D eigenvalue weighted by molar-refractivity contribution is -0.137. The van der Waals surface area contributed by atoms with Gasteiger partial charge in [0.05, 0.1) is 11.1 Å². The van der Waals surface area contributed by atoms with Crippen LogP contribution >= 0.6 is 0 Å². The maximum absolute atomic E-state index is 12.8. The molecule has 0 atom stereocenters. The molecule has 2 aliphatic heterocycles. The molecule has 206 valence electrons. The lowest BCUT2D eigenvalue weighted by Gasteiger charge is -2.33. The number of likely N-dealkylation sites (tertiary alicyclic amines) is 1. The van der Waals surface area contributed by atoms with E-state index in [9.17, 15) is 18.0 Å². The Morgan fingerprint density at radius 1 is 0.949 bits per heavy atom. The Labute approximate surface area is 226 Å². The smallest absolute Gasteiger partial charge is 0.416 e. The number of anilines is 1. The normalized spacial score (nSPS) is 17.7. The molecular weight excluding hydrogens is 507 g/mol. The van der Waals surface area contributed by atoms with Gasteiger partial charge in [0, 0.05) is 82.0 Å². The maximum Gasteiger partial charge on any atom is 0.416 e. The number of hydrogen-bond donors (Lipinski definition) is 1. The van der Waals surface area contributed by atoms with E-state index in [1.165, 1.54) is 17.7 Å². The topological polar surface area (TPSA) is 70.6 Å². The molecule has 0 radical (unpaired) electrons. The Bertz CT molecular complexity index is 1210. The molecule has 39 heavy (non-hydrogen) atoms. The molecule has 0 bridgehead atoms. The molecule has 0 aliphatic carbocycles. The molecule has 2 aromatic heterocycles. The van der Waals surface area contributed by atoms with Crippen LogP contribution < -0.4 is 15.0 Å². The second-order valence-electron chi connectivity index (χ2n) is 10.1. The second-order valence-corrected chi connectivity index (χ2v) is 10.1. The highest BCUT2D eigenvalue weighted by Crippen LogP contribution is 2.31. The van der Waals surface area contributed by atoms with Gasteiger partial charge in [-0.05, 0) is 54.8 Å². The summed E-state index contributed by atoms with van der Waals surface area (Å²) in [5.74, 6) is 0.327. The molecule has 0 unspecified atom stereocenters. The summed E-state index contributed by atoms with van der Waals surface area (Å²) in [4.78, 5) is 25.7. The fourth-order valence-electron chi connectivity index (χ4n) is 5.10. The number of benzene rings is 1. The molecule has 0 saturated carbocycles. The van der Waals surface area contributed by atoms with Gasteiger partial charge >= 0.3 is 6.18 Å². The summed E-state index contributed by atoms with van der Waals surface area (Å²) >= 11 is 0. The fourth-order valence-corrected chi connectivity index (χ4v) is 5.10. The second kappa shape index (κ2) is 12.0. The van der Waals surface area contributed by atoms with E-state index < -0.39 is 11.7 Å². The Morgan fingerprint density at radius 2 is 1.69 bits per heavy atom. The number of ether oxygens (including phenoxy) is 1. The first-order valence-electron chi connectivity index (χ1n) is 13.3. The minimum Gasteiger partial charge on any atom is -0.474 e. The largest absolute Gasteiger partial charge is 0.474 e. The number of alkyl halides is 3. The van der Waals surface area contributed by atoms with E-state index in [0.29, 0.717) is 24.5 Å². The van der Waals surface area contributed by atoms with Crippen molar-refractivity contribution in [2.45, 2.75) is 50.6 Å². The van der Waals surface area contributed by atoms with Gasteiger partial charge in [0.2, 0.25) is 5.88 Å². The zero-order chi connectivity index (χ0) is 27.2. The summed E-state index contributed by atoms with van der Waals surface area (Å²) in [5, 5.41) is 3.13. The van der Waals surface area contributed by atoms with Gasteiger partial charge in [-0.3, -0.25) is 14.7 Å². The minimum absolute atomic E-state index is 0.0419. The Morgan fingerprint density at radius 3 is 2.31 bits per heavy atom. The molecular formula is C29H32F3N5O2. The van der Waals surface area contributed by atoms with Crippen LogP contribution in [0.2, 0.25) is 0 Å². The Balaban J connectivity index is 1.04. The first-order valence-corrected chi connectivity index (χ1v) is 13.3. The van der Waals surface area contributed by atoms with Crippen LogP contribution in [0, 0.1) is 0 Å². The number of nitrogens with zero attached hydrogens (tertiary/aromatic N) is 4. The summed E-state index contributed by atoms with van der Waals surface area (Å²) in [5.41, 5.74) is 1.82. The molecule has 1 amide bonds. The van der Waals surface area contributed by atoms with Crippen LogP contribution in [-0.2, 0) is 12.7 Å². The number of halogens is 3. The van der Waals surface area contributed by atoms with E-state index >= 15 is 0 Å². The molecule has 3 aromatic rings. The van der Waals surface area contributed by atoms with Crippen LogP contribution in [0.25, 0.3) is 0 Å². The standard InChI is InChI=1S/C29H32F3N5O2/c30-29(31,32)23-4-6-25(7-5-23)37-16-11-26(12-17-37)39-27-8-3-22(19-34-27)28(38)35-24-9-14-36(15-10-24)20-21-2-1-13-33-18-21/h1-8,13,18-19,24,26H,9-12,14-17,20H2,(H,35,38). The maximum atomic E-state index is 12.8. The zero-order valence-electron chi connectivity index (χ0n) is 21.6. The molecule has 2 aliphatic rings. The number of nitrogens with one attached hydrogen (secondary N) is 1. The van der Waals surface area contributed by atoms with E-state index in [0.717, 1.165) is 63.1 Å². The molecule has 7 nitrogen and oxygen atoms in total. The monoisotopic (exact) mass is 539 g/mol. The van der Waals surface area contributed by atoms with E-state index in [1.54, 1.807) is 24.5 Å². The van der Waals surface area contributed by atoms with Crippen LogP contribution in [0.3, 0.4) is 0 Å². The third kappa shape index (κ3) is 7.26. The van der Waals surface area contributed by atoms with Crippen molar-refractivity contribution in [3.8, 4) is 5.88 Å². The Kier molecular flexibility index (Phi) is 8.30. The van der Waals surface area contributed by atoms with Gasteiger partial charge in [-0.25, -0.2) is 4.98 Å². The highest BCUT2D eigenvalue weighted by atomic mass is 19.4. The SMILES string of the molecule is O=C(NC1CCN(Cc2cccnc2)CC1)c1ccc(OC2CCN(c3ccc(C(F)(F)F)cc3)CC2)nc1. The number of carbonyl (C=O) groups is 1. The van der Waals surface area contributed by atoms with E-state index in [1.807, 2.05) is 12.3 Å². The van der Waals surface area contributed by atoms with E-state index in [-0.39, 0.29) is 18.1 Å². The third-order valence-corrected chi connectivity index (χ3v) is 7.34. The van der Waals surface area contributed by atoms with Crippen LogP contribution in [0.4, 0.5) is 18.9 Å². The minimum atomic E-state index is -4.33. The first-order chi connectivity index (χ1) is 18.8. The third-order valence-electron chi connectivity index (χ3n) is 7.34. The fraction of sp³-hybridized carbons (Fsp3) is 0.414. The summed E-state index contributed by atoms with van der Waals surface area (Å²) in [6.45, 7) is 4.06. The number of carbonyl (C=O) groups excluding carboxylic acids is 1. The number of amides is 1. The lowest BCUT2D eigenvalue weighted by Crippen LogP contribution is -2.44. The molecule has 1 aromatic carbocycles. The molecule has 1 N–H and O–H groups in total. The number of rotatable bonds is 7. The predicted molar refractivity (Wildman–Crippen MR) is 142 cm³/mol. The predicted octanol–water partition coefficient (Wildman–Crippen LogP) is 4.94. The van der Waals surface area contributed by atoms with Crippen molar-refractivity contribution in [2.75, 3.05) is 31.1 Å². The zero-order valence-corrected chi connectivity index (χ0v) is 21.6. The highest BCUT2D eigenvalue weighted by Gasteiger charge is 2.30. The van der Waals surface area contributed by atoms with Crippen molar-refractivity contribution in [1.82, 2.24) is 20.2 Å². The van der Waals surface area contributed by atoms with Gasteiger partial charge in [0.1, 0.15) is 6.10 Å². The molecule has 5 rings (SSSR count). The molecule has 10 heteroatoms. The summed E-state index contributed by atoms with van der Waals surface area (Å²) in [6.07, 6.45) is 4.07. The average molecular weight is 540 g/mol. The molecule has 4 heterocycles. The number of piperidine rings is 2. The van der Waals surface area contributed by atoms with Crippen molar-refractivity contribution in [3.05, 3.63) is 83.8 Å². The van der Waals surface area contributed by atoms with Gasteiger partial charge in [0.15, 0.2) is 0 Å².